The van der Waals surface area contributed by atoms with Crippen LogP contribution in [0.2, 0.25) is 0 Å². The van der Waals surface area contributed by atoms with Gasteiger partial charge in [-0.3, -0.25) is 9.59 Å². The Labute approximate surface area is 70.1 Å². The fraction of sp³-hybridized carbons (Fsp3) is 0.778. The third-order valence-corrected chi connectivity index (χ3v) is 3.76. The molecule has 2 bridgehead atoms. The molecule has 0 amide bonds. The van der Waals surface area contributed by atoms with Crippen LogP contribution in [0.1, 0.15) is 25.7 Å². The van der Waals surface area contributed by atoms with Crippen molar-refractivity contribution in [3.63, 3.8) is 0 Å². The van der Waals surface area contributed by atoms with Crippen molar-refractivity contribution in [3.8, 4) is 0 Å². The fourth-order valence-corrected chi connectivity index (χ4v) is 3.13. The van der Waals surface area contributed by atoms with Crippen LogP contribution < -0.4 is 0 Å². The van der Waals surface area contributed by atoms with E-state index in [0.29, 0.717) is 11.8 Å². The number of cyclic esters (lactones) is 2. The number of hydrogen-bond acceptors (Lipinski definition) is 3. The van der Waals surface area contributed by atoms with Crippen LogP contribution >= 0.6 is 0 Å². The minimum atomic E-state index is -0.650. The van der Waals surface area contributed by atoms with Gasteiger partial charge in [0.25, 0.3) is 0 Å². The zero-order chi connectivity index (χ0) is 8.34. The van der Waals surface area contributed by atoms with E-state index in [-0.39, 0.29) is 11.9 Å². The molecule has 2 atom stereocenters. The Hall–Kier alpha value is -0.860. The molecule has 0 aromatic rings. The first-order valence-corrected chi connectivity index (χ1v) is 4.50. The minimum Gasteiger partial charge on any atom is -0.391 e. The second-order valence-corrected chi connectivity index (χ2v) is 4.23. The number of esters is 2. The zero-order valence-electron chi connectivity index (χ0n) is 6.71. The highest BCUT2D eigenvalue weighted by atomic mass is 16.6. The van der Waals surface area contributed by atoms with E-state index in [1.165, 1.54) is 6.42 Å². The van der Waals surface area contributed by atoms with Crippen molar-refractivity contribution in [2.24, 2.45) is 17.3 Å². The van der Waals surface area contributed by atoms with Crippen LogP contribution in [0.4, 0.5) is 0 Å². The molecule has 2 aliphatic carbocycles. The summed E-state index contributed by atoms with van der Waals surface area (Å²) >= 11 is 0. The van der Waals surface area contributed by atoms with Gasteiger partial charge in [0.1, 0.15) is 0 Å². The fourth-order valence-electron chi connectivity index (χ4n) is 3.13. The third kappa shape index (κ3) is 0.490. The van der Waals surface area contributed by atoms with Crippen molar-refractivity contribution in [1.29, 1.82) is 0 Å². The first-order valence-electron chi connectivity index (χ1n) is 4.50. The molecule has 1 aliphatic heterocycles. The molecule has 64 valence electrons. The molecule has 1 heterocycles. The number of carbonyl (C=O) groups is 2. The van der Waals surface area contributed by atoms with Crippen LogP contribution in [0.3, 0.4) is 0 Å². The van der Waals surface area contributed by atoms with E-state index in [2.05, 4.69) is 4.74 Å². The number of rotatable bonds is 0. The second kappa shape index (κ2) is 1.73. The summed E-state index contributed by atoms with van der Waals surface area (Å²) in [7, 11) is 0. The molecule has 3 nitrogen and oxygen atoms in total. The maximum absolute atomic E-state index is 11.2. The summed E-state index contributed by atoms with van der Waals surface area (Å²) in [6, 6.07) is 0. The Bertz CT molecular complexity index is 267. The summed E-state index contributed by atoms with van der Waals surface area (Å²) < 4.78 is 4.45. The van der Waals surface area contributed by atoms with E-state index in [0.717, 1.165) is 19.3 Å². The van der Waals surface area contributed by atoms with Crippen molar-refractivity contribution in [3.05, 3.63) is 0 Å². The Kier molecular flexibility index (Phi) is 0.955. The number of carbonyl (C=O) groups excluding carboxylic acids is 2. The van der Waals surface area contributed by atoms with Gasteiger partial charge in [0.15, 0.2) is 5.41 Å². The van der Waals surface area contributed by atoms with Crippen molar-refractivity contribution in [1.82, 2.24) is 0 Å². The molecular weight excluding hydrogens is 156 g/mol. The number of ether oxygens (including phenoxy) is 1. The molecule has 0 aromatic heterocycles. The molecular formula is C9H10O3. The molecule has 2 saturated carbocycles. The lowest BCUT2D eigenvalue weighted by Gasteiger charge is -2.39. The molecule has 3 fully saturated rings. The van der Waals surface area contributed by atoms with E-state index >= 15 is 0 Å². The van der Waals surface area contributed by atoms with Crippen molar-refractivity contribution < 1.29 is 14.3 Å². The van der Waals surface area contributed by atoms with Gasteiger partial charge in [0, 0.05) is 0 Å². The van der Waals surface area contributed by atoms with Crippen molar-refractivity contribution in [2.75, 3.05) is 0 Å². The summed E-state index contributed by atoms with van der Waals surface area (Å²) in [6.45, 7) is 0. The monoisotopic (exact) mass is 166 g/mol. The summed E-state index contributed by atoms with van der Waals surface area (Å²) in [6.07, 6.45) is 4.09. The van der Waals surface area contributed by atoms with Crippen LogP contribution in [-0.4, -0.2) is 11.9 Å². The lowest BCUT2D eigenvalue weighted by atomic mass is 9.70. The van der Waals surface area contributed by atoms with Crippen LogP contribution in [0.15, 0.2) is 0 Å². The van der Waals surface area contributed by atoms with Crippen LogP contribution in [-0.2, 0) is 14.3 Å². The second-order valence-electron chi connectivity index (χ2n) is 4.23. The molecule has 0 unspecified atom stereocenters. The van der Waals surface area contributed by atoms with Crippen LogP contribution in [0, 0.1) is 17.3 Å². The van der Waals surface area contributed by atoms with Gasteiger partial charge in [0.2, 0.25) is 0 Å². The quantitative estimate of drug-likeness (QED) is 0.396. The standard InChI is InChI=1S/C9H10O3/c10-7-9(8(11)12-7)4-5-1-2-6(9)3-5/h5-6H,1-4H2/t5-,6+/m1/s1. The van der Waals surface area contributed by atoms with E-state index in [4.69, 9.17) is 0 Å². The van der Waals surface area contributed by atoms with Gasteiger partial charge >= 0.3 is 11.9 Å². The first kappa shape index (κ1) is 6.63. The summed E-state index contributed by atoms with van der Waals surface area (Å²) in [5.74, 6) is 0.433. The minimum absolute atomic E-state index is 0.250. The SMILES string of the molecule is O=C1OC(=O)C12C[C@@H]1CC[C@H]2C1. The highest BCUT2D eigenvalue weighted by Crippen LogP contribution is 2.60. The van der Waals surface area contributed by atoms with E-state index in [9.17, 15) is 9.59 Å². The highest BCUT2D eigenvalue weighted by Gasteiger charge is 2.68. The predicted octanol–water partition coefficient (Wildman–Crippen LogP) is 0.876. The first-order chi connectivity index (χ1) is 5.73. The molecule has 3 rings (SSSR count). The highest BCUT2D eigenvalue weighted by molar-refractivity contribution is 6.14. The molecule has 3 aliphatic rings. The van der Waals surface area contributed by atoms with Gasteiger partial charge in [-0.25, -0.2) is 0 Å². The lowest BCUT2D eigenvalue weighted by molar-refractivity contribution is -0.201. The molecule has 0 N–H and O–H groups in total. The maximum atomic E-state index is 11.2. The maximum Gasteiger partial charge on any atom is 0.331 e. The number of fused-ring (bicyclic) bond motifs is 3. The van der Waals surface area contributed by atoms with Gasteiger partial charge in [0.05, 0.1) is 0 Å². The zero-order valence-corrected chi connectivity index (χ0v) is 6.71. The van der Waals surface area contributed by atoms with Gasteiger partial charge in [-0.1, -0.05) is 6.42 Å². The Morgan fingerprint density at radius 2 is 2.00 bits per heavy atom. The molecule has 0 radical (unpaired) electrons. The van der Waals surface area contributed by atoms with Crippen molar-refractivity contribution in [2.45, 2.75) is 25.7 Å². The van der Waals surface area contributed by atoms with Gasteiger partial charge in [-0.2, -0.15) is 0 Å². The largest absolute Gasteiger partial charge is 0.391 e. The van der Waals surface area contributed by atoms with Gasteiger partial charge < -0.3 is 4.74 Å². The van der Waals surface area contributed by atoms with Crippen LogP contribution in [0.25, 0.3) is 0 Å². The Morgan fingerprint density at radius 3 is 2.33 bits per heavy atom. The smallest absolute Gasteiger partial charge is 0.331 e. The molecule has 0 aromatic carbocycles. The van der Waals surface area contributed by atoms with Crippen LogP contribution in [0.5, 0.6) is 0 Å². The van der Waals surface area contributed by atoms with E-state index in [1.807, 2.05) is 0 Å². The molecule has 3 heteroatoms. The normalized spacial score (nSPS) is 41.7. The summed E-state index contributed by atoms with van der Waals surface area (Å²) in [4.78, 5) is 22.4. The predicted molar refractivity (Wildman–Crippen MR) is 39.0 cm³/mol. The molecule has 1 saturated heterocycles. The van der Waals surface area contributed by atoms with E-state index in [1.54, 1.807) is 0 Å². The van der Waals surface area contributed by atoms with E-state index < -0.39 is 5.41 Å². The Balaban J connectivity index is 2.02. The molecule has 12 heavy (non-hydrogen) atoms. The van der Waals surface area contributed by atoms with Crippen molar-refractivity contribution >= 4 is 11.9 Å². The lowest BCUT2D eigenvalue weighted by Crippen LogP contribution is -2.56. The average Bonchev–Trinajstić information content (AvgIpc) is 2.63. The third-order valence-electron chi connectivity index (χ3n) is 3.76. The number of hydrogen-bond donors (Lipinski definition) is 0. The average molecular weight is 166 g/mol. The summed E-state index contributed by atoms with van der Waals surface area (Å²) in [5.41, 5.74) is -0.650. The van der Waals surface area contributed by atoms with Gasteiger partial charge in [-0.15, -0.1) is 0 Å². The Morgan fingerprint density at radius 1 is 1.25 bits per heavy atom. The molecule has 1 spiro atoms. The van der Waals surface area contributed by atoms with Gasteiger partial charge in [-0.05, 0) is 31.1 Å². The topological polar surface area (TPSA) is 43.4 Å². The summed E-state index contributed by atoms with van der Waals surface area (Å²) in [5, 5.41) is 0.